The van der Waals surface area contributed by atoms with E-state index in [1.165, 1.54) is 12.8 Å². The number of rotatable bonds is 4. The Morgan fingerprint density at radius 2 is 2.35 bits per heavy atom. The summed E-state index contributed by atoms with van der Waals surface area (Å²) in [5, 5.41) is 8.19. The summed E-state index contributed by atoms with van der Waals surface area (Å²) in [7, 11) is 0. The summed E-state index contributed by atoms with van der Waals surface area (Å²) < 4.78 is 1.94. The topological polar surface area (TPSA) is 45.5 Å². The summed E-state index contributed by atoms with van der Waals surface area (Å²) in [5.41, 5.74) is 2.06. The molecule has 2 aromatic rings. The number of piperidine rings is 1. The Bertz CT molecular complexity index is 571. The molecule has 2 aromatic heterocycles. The van der Waals surface area contributed by atoms with Crippen LogP contribution in [0, 0.1) is 6.92 Å². The maximum atomic E-state index is 4.72. The molecule has 1 atom stereocenters. The summed E-state index contributed by atoms with van der Waals surface area (Å²) >= 11 is 0. The Labute approximate surface area is 120 Å². The average molecular weight is 273 g/mol. The highest BCUT2D eigenvalue weighted by atomic mass is 15.4. The minimum absolute atomic E-state index is 0.515. The molecule has 1 saturated heterocycles. The molecule has 1 N–H and O–H groups in total. The van der Waals surface area contributed by atoms with Gasteiger partial charge in [0.05, 0.1) is 0 Å². The van der Waals surface area contributed by atoms with Crippen LogP contribution >= 0.6 is 0 Å². The number of aromatic nitrogens is 3. The highest BCUT2D eigenvalue weighted by molar-refractivity contribution is 5.46. The van der Waals surface area contributed by atoms with Crippen molar-refractivity contribution < 1.29 is 0 Å². The Balaban J connectivity index is 1.93. The number of fused-ring (bicyclic) bond motifs is 1. The van der Waals surface area contributed by atoms with Gasteiger partial charge in [0.25, 0.3) is 0 Å². The fourth-order valence-corrected chi connectivity index (χ4v) is 2.93. The standard InChI is InChI=1S/C15H23N5/c1-3-10-19(13-7-5-9-16-11-13)15-17-14-8-4-6-12(2)20(14)18-15/h4,6,8,13,16H,3,5,7,9-11H2,1-2H3. The molecule has 3 heterocycles. The minimum atomic E-state index is 0.515. The third-order valence-electron chi connectivity index (χ3n) is 3.97. The lowest BCUT2D eigenvalue weighted by Gasteiger charge is -2.33. The van der Waals surface area contributed by atoms with Gasteiger partial charge in [-0.05, 0) is 44.9 Å². The van der Waals surface area contributed by atoms with Crippen molar-refractivity contribution >= 4 is 11.6 Å². The molecule has 5 heteroatoms. The molecule has 0 aromatic carbocycles. The first kappa shape index (κ1) is 13.4. The fraction of sp³-hybridized carbons (Fsp3) is 0.600. The van der Waals surface area contributed by atoms with Crippen LogP contribution in [-0.4, -0.2) is 40.3 Å². The largest absolute Gasteiger partial charge is 0.335 e. The molecular weight excluding hydrogens is 250 g/mol. The van der Waals surface area contributed by atoms with Crippen molar-refractivity contribution in [3.63, 3.8) is 0 Å². The van der Waals surface area contributed by atoms with Crippen molar-refractivity contribution in [1.29, 1.82) is 0 Å². The van der Waals surface area contributed by atoms with E-state index in [-0.39, 0.29) is 0 Å². The average Bonchev–Trinajstić information content (AvgIpc) is 2.91. The van der Waals surface area contributed by atoms with Crippen LogP contribution in [0.5, 0.6) is 0 Å². The SMILES string of the molecule is CCCN(c1nc2cccc(C)n2n1)C1CCCNC1. The molecule has 20 heavy (non-hydrogen) atoms. The minimum Gasteiger partial charge on any atom is -0.335 e. The summed E-state index contributed by atoms with van der Waals surface area (Å²) in [5.74, 6) is 0.870. The third-order valence-corrected chi connectivity index (χ3v) is 3.97. The molecule has 0 amide bonds. The Kier molecular flexibility index (Phi) is 3.87. The Morgan fingerprint density at radius 3 is 3.05 bits per heavy atom. The van der Waals surface area contributed by atoms with Gasteiger partial charge in [0.1, 0.15) is 0 Å². The van der Waals surface area contributed by atoms with Gasteiger partial charge in [0.2, 0.25) is 5.95 Å². The Morgan fingerprint density at radius 1 is 1.45 bits per heavy atom. The van der Waals surface area contributed by atoms with Crippen molar-refractivity contribution in [2.24, 2.45) is 0 Å². The van der Waals surface area contributed by atoms with Crippen LogP contribution < -0.4 is 10.2 Å². The number of hydrogen-bond donors (Lipinski definition) is 1. The molecule has 1 fully saturated rings. The highest BCUT2D eigenvalue weighted by Gasteiger charge is 2.23. The smallest absolute Gasteiger partial charge is 0.245 e. The van der Waals surface area contributed by atoms with Crippen molar-refractivity contribution in [2.75, 3.05) is 24.5 Å². The van der Waals surface area contributed by atoms with E-state index in [1.807, 2.05) is 16.6 Å². The van der Waals surface area contributed by atoms with Crippen molar-refractivity contribution in [2.45, 2.75) is 39.2 Å². The summed E-state index contributed by atoms with van der Waals surface area (Å²) in [6, 6.07) is 6.64. The lowest BCUT2D eigenvalue weighted by atomic mass is 10.1. The van der Waals surface area contributed by atoms with Gasteiger partial charge in [0.15, 0.2) is 5.65 Å². The summed E-state index contributed by atoms with van der Waals surface area (Å²) in [6.07, 6.45) is 3.57. The lowest BCUT2D eigenvalue weighted by molar-refractivity contribution is 0.426. The van der Waals surface area contributed by atoms with Gasteiger partial charge in [-0.25, -0.2) is 4.52 Å². The van der Waals surface area contributed by atoms with Gasteiger partial charge in [-0.1, -0.05) is 13.0 Å². The molecule has 1 aliphatic heterocycles. The predicted molar refractivity (Wildman–Crippen MR) is 81.3 cm³/mol. The normalized spacial score (nSPS) is 19.4. The zero-order valence-corrected chi connectivity index (χ0v) is 12.3. The lowest BCUT2D eigenvalue weighted by Crippen LogP contribution is -2.47. The van der Waals surface area contributed by atoms with Gasteiger partial charge in [-0.2, -0.15) is 4.98 Å². The van der Waals surface area contributed by atoms with Crippen LogP contribution in [0.4, 0.5) is 5.95 Å². The van der Waals surface area contributed by atoms with Crippen molar-refractivity contribution in [1.82, 2.24) is 19.9 Å². The van der Waals surface area contributed by atoms with Gasteiger partial charge < -0.3 is 10.2 Å². The van der Waals surface area contributed by atoms with Crippen LogP contribution in [0.15, 0.2) is 18.2 Å². The number of nitrogens with zero attached hydrogens (tertiary/aromatic N) is 4. The first-order valence-corrected chi connectivity index (χ1v) is 7.59. The van der Waals surface area contributed by atoms with Crippen molar-refractivity contribution in [3.05, 3.63) is 23.9 Å². The first-order chi connectivity index (χ1) is 9.79. The van der Waals surface area contributed by atoms with E-state index < -0.39 is 0 Å². The number of nitrogens with one attached hydrogen (secondary N) is 1. The van der Waals surface area contributed by atoms with Crippen LogP contribution in [0.3, 0.4) is 0 Å². The summed E-state index contributed by atoms with van der Waals surface area (Å²) in [4.78, 5) is 7.09. The van der Waals surface area contributed by atoms with Crippen LogP contribution in [0.25, 0.3) is 5.65 Å². The molecule has 1 aliphatic rings. The summed E-state index contributed by atoms with van der Waals surface area (Å²) in [6.45, 7) is 7.47. The third kappa shape index (κ3) is 2.50. The highest BCUT2D eigenvalue weighted by Crippen LogP contribution is 2.19. The second-order valence-electron chi connectivity index (χ2n) is 5.54. The molecule has 0 aliphatic carbocycles. The quantitative estimate of drug-likeness (QED) is 0.925. The maximum Gasteiger partial charge on any atom is 0.245 e. The van der Waals surface area contributed by atoms with Crippen LogP contribution in [0.2, 0.25) is 0 Å². The molecule has 3 rings (SSSR count). The molecule has 0 saturated carbocycles. The number of anilines is 1. The molecule has 108 valence electrons. The first-order valence-electron chi connectivity index (χ1n) is 7.59. The Hall–Kier alpha value is -1.62. The second-order valence-corrected chi connectivity index (χ2v) is 5.54. The number of pyridine rings is 1. The van der Waals surface area contributed by atoms with Gasteiger partial charge in [0, 0.05) is 24.8 Å². The van der Waals surface area contributed by atoms with Crippen LogP contribution in [0.1, 0.15) is 31.9 Å². The molecule has 0 radical (unpaired) electrons. The molecule has 0 spiro atoms. The van der Waals surface area contributed by atoms with E-state index in [0.717, 1.165) is 43.3 Å². The van der Waals surface area contributed by atoms with Gasteiger partial charge in [-0.3, -0.25) is 0 Å². The zero-order valence-electron chi connectivity index (χ0n) is 12.3. The molecular formula is C15H23N5. The number of hydrogen-bond acceptors (Lipinski definition) is 4. The van der Waals surface area contributed by atoms with Gasteiger partial charge in [-0.15, -0.1) is 5.10 Å². The second kappa shape index (κ2) is 5.79. The van der Waals surface area contributed by atoms with Crippen LogP contribution in [-0.2, 0) is 0 Å². The molecule has 1 unspecified atom stereocenters. The molecule has 0 bridgehead atoms. The van der Waals surface area contributed by atoms with E-state index in [4.69, 9.17) is 10.1 Å². The van der Waals surface area contributed by atoms with E-state index in [0.29, 0.717) is 6.04 Å². The zero-order chi connectivity index (χ0) is 13.9. The predicted octanol–water partition coefficient (Wildman–Crippen LogP) is 2.01. The van der Waals surface area contributed by atoms with Crippen molar-refractivity contribution in [3.8, 4) is 0 Å². The maximum absolute atomic E-state index is 4.72. The van der Waals surface area contributed by atoms with E-state index >= 15 is 0 Å². The van der Waals surface area contributed by atoms with E-state index in [9.17, 15) is 0 Å². The van der Waals surface area contributed by atoms with E-state index in [2.05, 4.69) is 30.1 Å². The van der Waals surface area contributed by atoms with Gasteiger partial charge >= 0.3 is 0 Å². The van der Waals surface area contributed by atoms with E-state index in [1.54, 1.807) is 0 Å². The molecule has 5 nitrogen and oxygen atoms in total. The monoisotopic (exact) mass is 273 g/mol. The number of aryl methyl sites for hydroxylation is 1. The fourth-order valence-electron chi connectivity index (χ4n) is 2.93.